The number of thioether (sulfide) groups is 1. The Labute approximate surface area is 129 Å². The molecule has 2 aromatic rings. The molecule has 0 unspecified atom stereocenters. The maximum absolute atomic E-state index is 5.38. The molecule has 0 amide bonds. The number of benzene rings is 1. The Morgan fingerprint density at radius 3 is 2.52 bits per heavy atom. The van der Waals surface area contributed by atoms with Gasteiger partial charge in [-0.05, 0) is 37.6 Å². The molecular weight excluding hydrogens is 284 g/mol. The summed E-state index contributed by atoms with van der Waals surface area (Å²) < 4.78 is 5.38. The number of nitrogens with zero attached hydrogens (tertiary/aromatic N) is 4. The fraction of sp³-hybridized carbons (Fsp3) is 0.467. The minimum Gasteiger partial charge on any atom is -0.338 e. The third-order valence-corrected chi connectivity index (χ3v) is 4.51. The van der Waals surface area contributed by atoms with Crippen LogP contribution in [0.3, 0.4) is 0 Å². The predicted molar refractivity (Wildman–Crippen MR) is 84.3 cm³/mol. The molecule has 2 heterocycles. The van der Waals surface area contributed by atoms with E-state index in [4.69, 9.17) is 4.52 Å². The van der Waals surface area contributed by atoms with Crippen LogP contribution in [-0.4, -0.2) is 59.4 Å². The van der Waals surface area contributed by atoms with E-state index in [1.165, 1.54) is 4.90 Å². The molecule has 0 N–H and O–H groups in total. The van der Waals surface area contributed by atoms with Gasteiger partial charge in [0.2, 0.25) is 11.7 Å². The second kappa shape index (κ2) is 6.60. The second-order valence-electron chi connectivity index (χ2n) is 5.32. The highest BCUT2D eigenvalue weighted by Gasteiger charge is 2.17. The fourth-order valence-corrected chi connectivity index (χ4v) is 2.78. The van der Waals surface area contributed by atoms with E-state index in [2.05, 4.69) is 45.4 Å². The van der Waals surface area contributed by atoms with E-state index < -0.39 is 0 Å². The number of likely N-dealkylation sites (N-methyl/N-ethyl adjacent to an activating group) is 1. The van der Waals surface area contributed by atoms with Gasteiger partial charge >= 0.3 is 0 Å². The van der Waals surface area contributed by atoms with Crippen LogP contribution in [0.1, 0.15) is 5.89 Å². The summed E-state index contributed by atoms with van der Waals surface area (Å²) in [5.74, 6) is 1.37. The highest BCUT2D eigenvalue weighted by molar-refractivity contribution is 7.98. The van der Waals surface area contributed by atoms with E-state index in [0.717, 1.165) is 38.3 Å². The molecule has 1 fully saturated rings. The molecule has 0 bridgehead atoms. The number of piperazine rings is 1. The molecule has 1 aliphatic rings. The Morgan fingerprint density at radius 1 is 1.14 bits per heavy atom. The van der Waals surface area contributed by atoms with Crippen molar-refractivity contribution in [1.29, 1.82) is 0 Å². The zero-order valence-electron chi connectivity index (χ0n) is 12.5. The van der Waals surface area contributed by atoms with Gasteiger partial charge < -0.3 is 9.42 Å². The summed E-state index contributed by atoms with van der Waals surface area (Å²) in [6, 6.07) is 8.24. The Hall–Kier alpha value is -1.37. The first-order chi connectivity index (χ1) is 10.2. The van der Waals surface area contributed by atoms with Crippen molar-refractivity contribution < 1.29 is 4.52 Å². The predicted octanol–water partition coefficient (Wildman–Crippen LogP) is 2.21. The molecule has 5 nitrogen and oxygen atoms in total. The monoisotopic (exact) mass is 304 g/mol. The van der Waals surface area contributed by atoms with Gasteiger partial charge in [-0.15, -0.1) is 11.8 Å². The zero-order valence-corrected chi connectivity index (χ0v) is 13.3. The molecule has 112 valence electrons. The van der Waals surface area contributed by atoms with Crippen molar-refractivity contribution in [1.82, 2.24) is 19.9 Å². The lowest BCUT2D eigenvalue weighted by Gasteiger charge is -2.31. The minimum atomic E-state index is 0.673. The topological polar surface area (TPSA) is 45.4 Å². The van der Waals surface area contributed by atoms with Crippen LogP contribution in [-0.2, 0) is 6.54 Å². The average molecular weight is 304 g/mol. The highest BCUT2D eigenvalue weighted by atomic mass is 32.2. The number of aromatic nitrogens is 2. The Bertz CT molecular complexity index is 576. The molecule has 1 aromatic carbocycles. The van der Waals surface area contributed by atoms with E-state index in [-0.39, 0.29) is 0 Å². The van der Waals surface area contributed by atoms with Crippen molar-refractivity contribution in [3.05, 3.63) is 30.2 Å². The summed E-state index contributed by atoms with van der Waals surface area (Å²) in [5, 5.41) is 4.09. The Kier molecular flexibility index (Phi) is 4.57. The molecule has 1 aliphatic heterocycles. The van der Waals surface area contributed by atoms with E-state index in [1.807, 2.05) is 12.1 Å². The molecule has 21 heavy (non-hydrogen) atoms. The van der Waals surface area contributed by atoms with Gasteiger partial charge in [0.25, 0.3) is 0 Å². The van der Waals surface area contributed by atoms with Crippen molar-refractivity contribution in [2.75, 3.05) is 39.5 Å². The van der Waals surface area contributed by atoms with Crippen LogP contribution in [0.15, 0.2) is 33.7 Å². The first-order valence-corrected chi connectivity index (χ1v) is 8.35. The lowest BCUT2D eigenvalue weighted by molar-refractivity contribution is 0.135. The van der Waals surface area contributed by atoms with Crippen molar-refractivity contribution in [2.45, 2.75) is 11.4 Å². The number of hydrogen-bond acceptors (Lipinski definition) is 6. The Morgan fingerprint density at radius 2 is 1.86 bits per heavy atom. The van der Waals surface area contributed by atoms with E-state index >= 15 is 0 Å². The third kappa shape index (κ3) is 3.64. The fourth-order valence-electron chi connectivity index (χ4n) is 2.37. The van der Waals surface area contributed by atoms with Gasteiger partial charge in [-0.1, -0.05) is 5.16 Å². The Balaban J connectivity index is 1.65. The van der Waals surface area contributed by atoms with Crippen molar-refractivity contribution in [3.63, 3.8) is 0 Å². The van der Waals surface area contributed by atoms with E-state index in [0.29, 0.717) is 11.7 Å². The standard InChI is InChI=1S/C15H20N4OS/c1-18-7-9-19(10-8-18)11-14-16-15(17-20-14)12-3-5-13(21-2)6-4-12/h3-6H,7-11H2,1-2H3. The van der Waals surface area contributed by atoms with Gasteiger partial charge in [0.15, 0.2) is 0 Å². The molecule has 0 atom stereocenters. The zero-order chi connectivity index (χ0) is 14.7. The van der Waals surface area contributed by atoms with Crippen LogP contribution in [0, 0.1) is 0 Å². The van der Waals surface area contributed by atoms with Crippen molar-refractivity contribution >= 4 is 11.8 Å². The molecule has 0 saturated carbocycles. The van der Waals surface area contributed by atoms with Crippen molar-refractivity contribution in [3.8, 4) is 11.4 Å². The molecule has 0 spiro atoms. The third-order valence-electron chi connectivity index (χ3n) is 3.77. The number of rotatable bonds is 4. The summed E-state index contributed by atoms with van der Waals surface area (Å²) in [5.41, 5.74) is 1.00. The largest absolute Gasteiger partial charge is 0.338 e. The quantitative estimate of drug-likeness (QED) is 0.807. The smallest absolute Gasteiger partial charge is 0.241 e. The summed E-state index contributed by atoms with van der Waals surface area (Å²) in [7, 11) is 2.15. The maximum atomic E-state index is 5.38. The molecule has 1 saturated heterocycles. The van der Waals surface area contributed by atoms with E-state index in [1.54, 1.807) is 11.8 Å². The van der Waals surface area contributed by atoms with Crippen LogP contribution >= 0.6 is 11.8 Å². The lowest BCUT2D eigenvalue weighted by atomic mass is 10.2. The summed E-state index contributed by atoms with van der Waals surface area (Å²) in [6.45, 7) is 5.03. The van der Waals surface area contributed by atoms with Crippen molar-refractivity contribution in [2.24, 2.45) is 0 Å². The number of hydrogen-bond donors (Lipinski definition) is 0. The normalized spacial score (nSPS) is 17.2. The molecule has 6 heteroatoms. The molecule has 0 aliphatic carbocycles. The van der Waals surface area contributed by atoms with Gasteiger partial charge in [0.05, 0.1) is 6.54 Å². The average Bonchev–Trinajstić information content (AvgIpc) is 2.98. The summed E-state index contributed by atoms with van der Waals surface area (Å²) >= 11 is 1.73. The molecule has 3 rings (SSSR count). The summed E-state index contributed by atoms with van der Waals surface area (Å²) in [6.07, 6.45) is 2.07. The van der Waals surface area contributed by atoms with Crippen LogP contribution in [0.4, 0.5) is 0 Å². The summed E-state index contributed by atoms with van der Waals surface area (Å²) in [4.78, 5) is 10.4. The van der Waals surface area contributed by atoms with Gasteiger partial charge in [-0.3, -0.25) is 4.90 Å². The van der Waals surface area contributed by atoms with Crippen LogP contribution in [0.25, 0.3) is 11.4 Å². The SMILES string of the molecule is CSc1ccc(-c2noc(CN3CCN(C)CC3)n2)cc1. The highest BCUT2D eigenvalue weighted by Crippen LogP contribution is 2.21. The molecular formula is C15H20N4OS. The van der Waals surface area contributed by atoms with Crippen LogP contribution in [0.5, 0.6) is 0 Å². The first-order valence-electron chi connectivity index (χ1n) is 7.12. The first kappa shape index (κ1) is 14.6. The molecule has 0 radical (unpaired) electrons. The molecule has 1 aromatic heterocycles. The second-order valence-corrected chi connectivity index (χ2v) is 6.20. The van der Waals surface area contributed by atoms with Gasteiger partial charge in [-0.2, -0.15) is 4.98 Å². The minimum absolute atomic E-state index is 0.673. The van der Waals surface area contributed by atoms with Gasteiger partial charge in [0, 0.05) is 36.6 Å². The van der Waals surface area contributed by atoms with Crippen LogP contribution < -0.4 is 0 Å². The lowest BCUT2D eigenvalue weighted by Crippen LogP contribution is -2.43. The maximum Gasteiger partial charge on any atom is 0.241 e. The van der Waals surface area contributed by atoms with Gasteiger partial charge in [0.1, 0.15) is 0 Å². The van der Waals surface area contributed by atoms with Gasteiger partial charge in [-0.25, -0.2) is 0 Å². The van der Waals surface area contributed by atoms with Crippen LogP contribution in [0.2, 0.25) is 0 Å². The van der Waals surface area contributed by atoms with E-state index in [9.17, 15) is 0 Å².